The summed E-state index contributed by atoms with van der Waals surface area (Å²) in [6, 6.07) is 11.1. The van der Waals surface area contributed by atoms with Crippen LogP contribution in [0.25, 0.3) is 5.57 Å². The summed E-state index contributed by atoms with van der Waals surface area (Å²) in [6.07, 6.45) is 0. The maximum atomic E-state index is 13.4. The van der Waals surface area contributed by atoms with Crippen LogP contribution in [0.5, 0.6) is 17.2 Å². The lowest BCUT2D eigenvalue weighted by Crippen LogP contribution is -2.41. The van der Waals surface area contributed by atoms with Gasteiger partial charge >= 0.3 is 0 Å². The number of amides is 1. The Balaban J connectivity index is 1.79. The molecular weight excluding hydrogens is 468 g/mol. The highest BCUT2D eigenvalue weighted by Crippen LogP contribution is 2.44. The summed E-state index contributed by atoms with van der Waals surface area (Å²) in [4.78, 5) is 12.8. The van der Waals surface area contributed by atoms with Crippen LogP contribution in [0.1, 0.15) is 45.7 Å². The first-order valence-electron chi connectivity index (χ1n) is 11.5. The van der Waals surface area contributed by atoms with Crippen LogP contribution in [0.15, 0.2) is 41.3 Å². The smallest absolute Gasteiger partial charge is 0.270 e. The average Bonchev–Trinajstić information content (AvgIpc) is 2.80. The molecular formula is C26H34N2O6S. The monoisotopic (exact) mass is 502 g/mol. The van der Waals surface area contributed by atoms with E-state index in [1.54, 1.807) is 26.0 Å². The fourth-order valence-corrected chi connectivity index (χ4v) is 5.80. The number of carbonyl (C=O) groups excluding carboxylic acids is 1. The van der Waals surface area contributed by atoms with Crippen molar-refractivity contribution < 1.29 is 27.4 Å². The molecule has 2 aromatic carbocycles. The zero-order valence-electron chi connectivity index (χ0n) is 21.4. The van der Waals surface area contributed by atoms with Crippen molar-refractivity contribution in [2.75, 3.05) is 38.2 Å². The van der Waals surface area contributed by atoms with Crippen molar-refractivity contribution in [1.29, 1.82) is 0 Å². The van der Waals surface area contributed by atoms with Crippen LogP contribution < -0.4 is 23.8 Å². The van der Waals surface area contributed by atoms with E-state index >= 15 is 0 Å². The van der Waals surface area contributed by atoms with Gasteiger partial charge in [0, 0.05) is 18.2 Å². The number of carbonyl (C=O) groups is 1. The largest absolute Gasteiger partial charge is 0.493 e. The number of nitrogens with one attached hydrogen (secondary N) is 1. The van der Waals surface area contributed by atoms with Gasteiger partial charge in [-0.2, -0.15) is 0 Å². The maximum Gasteiger partial charge on any atom is 0.270 e. The minimum atomic E-state index is -4.07. The Kier molecular flexibility index (Phi) is 7.69. The Morgan fingerprint density at radius 3 is 2.17 bits per heavy atom. The number of fused-ring (bicyclic) bond motifs is 1. The molecule has 0 unspecified atom stereocenters. The quantitative estimate of drug-likeness (QED) is 0.547. The molecule has 8 nitrogen and oxygen atoms in total. The SMILES string of the molecule is CCN1c2cc(OC)c(OC)cc2C(C)=C(C(=O)NCCOc2ccc(C(C)(C)C)cc2)S1(=O)=O. The molecule has 0 aliphatic carbocycles. The highest BCUT2D eigenvalue weighted by molar-refractivity contribution is 7.97. The molecule has 190 valence electrons. The molecule has 0 fully saturated rings. The number of anilines is 1. The highest BCUT2D eigenvalue weighted by atomic mass is 32.2. The van der Waals surface area contributed by atoms with Crippen molar-refractivity contribution in [3.63, 3.8) is 0 Å². The fourth-order valence-electron chi connectivity index (χ4n) is 4.02. The molecule has 1 aliphatic heterocycles. The van der Waals surface area contributed by atoms with Crippen LogP contribution in [0.2, 0.25) is 0 Å². The summed E-state index contributed by atoms with van der Waals surface area (Å²) in [5, 5.41) is 2.69. The Morgan fingerprint density at radius 2 is 1.63 bits per heavy atom. The summed E-state index contributed by atoms with van der Waals surface area (Å²) in [5.74, 6) is 0.869. The van der Waals surface area contributed by atoms with Crippen molar-refractivity contribution >= 4 is 27.2 Å². The molecule has 35 heavy (non-hydrogen) atoms. The third-order valence-corrected chi connectivity index (χ3v) is 7.98. The van der Waals surface area contributed by atoms with E-state index in [1.165, 1.54) is 24.1 Å². The molecule has 1 amide bonds. The Morgan fingerprint density at radius 1 is 1.03 bits per heavy atom. The normalized spacial score (nSPS) is 14.9. The van der Waals surface area contributed by atoms with E-state index in [0.29, 0.717) is 34.1 Å². The Hall–Kier alpha value is -3.20. The van der Waals surface area contributed by atoms with Crippen molar-refractivity contribution in [2.24, 2.45) is 0 Å². The highest BCUT2D eigenvalue weighted by Gasteiger charge is 2.39. The molecule has 1 heterocycles. The first kappa shape index (κ1) is 26.4. The van der Waals surface area contributed by atoms with Gasteiger partial charge in [-0.25, -0.2) is 8.42 Å². The predicted octanol–water partition coefficient (Wildman–Crippen LogP) is 4.10. The molecule has 2 aromatic rings. The van der Waals surface area contributed by atoms with Gasteiger partial charge in [-0.15, -0.1) is 0 Å². The average molecular weight is 503 g/mol. The van der Waals surface area contributed by atoms with Gasteiger partial charge in [0.1, 0.15) is 12.4 Å². The molecule has 1 aliphatic rings. The van der Waals surface area contributed by atoms with Crippen LogP contribution >= 0.6 is 0 Å². The molecule has 0 atom stereocenters. The minimum absolute atomic E-state index is 0.0454. The number of hydrogen-bond donors (Lipinski definition) is 1. The van der Waals surface area contributed by atoms with Crippen LogP contribution in [0, 0.1) is 0 Å². The standard InChI is InChI=1S/C26H34N2O6S/c1-8-28-21-16-23(33-7)22(32-6)15-20(21)17(2)24(35(28,30)31)25(29)27-13-14-34-19-11-9-18(10-12-19)26(3,4)5/h9-12,15-16H,8,13-14H2,1-7H3,(H,27,29). The lowest BCUT2D eigenvalue weighted by Gasteiger charge is -2.32. The van der Waals surface area contributed by atoms with E-state index < -0.39 is 15.9 Å². The van der Waals surface area contributed by atoms with E-state index in [9.17, 15) is 13.2 Å². The zero-order valence-corrected chi connectivity index (χ0v) is 22.2. The summed E-state index contributed by atoms with van der Waals surface area (Å²) in [5.41, 5.74) is 2.63. The zero-order chi connectivity index (χ0) is 26.0. The van der Waals surface area contributed by atoms with Gasteiger partial charge < -0.3 is 19.5 Å². The first-order chi connectivity index (χ1) is 16.4. The van der Waals surface area contributed by atoms with E-state index in [-0.39, 0.29) is 30.0 Å². The topological polar surface area (TPSA) is 94.2 Å². The van der Waals surface area contributed by atoms with Crippen LogP contribution in [0.3, 0.4) is 0 Å². The number of allylic oxidation sites excluding steroid dienone is 1. The van der Waals surface area contributed by atoms with Crippen molar-refractivity contribution in [3.8, 4) is 17.2 Å². The first-order valence-corrected chi connectivity index (χ1v) is 12.9. The Labute approximate surface area is 207 Å². The van der Waals surface area contributed by atoms with Gasteiger partial charge in [-0.1, -0.05) is 32.9 Å². The molecule has 1 N–H and O–H groups in total. The molecule has 0 bridgehead atoms. The van der Waals surface area contributed by atoms with E-state index in [4.69, 9.17) is 14.2 Å². The lowest BCUT2D eigenvalue weighted by atomic mass is 9.87. The number of nitrogens with zero attached hydrogens (tertiary/aromatic N) is 1. The molecule has 0 aromatic heterocycles. The molecule has 0 saturated heterocycles. The minimum Gasteiger partial charge on any atom is -0.493 e. The van der Waals surface area contributed by atoms with E-state index in [0.717, 1.165) is 0 Å². The van der Waals surface area contributed by atoms with Crippen LogP contribution in [-0.4, -0.2) is 48.2 Å². The second kappa shape index (κ2) is 10.2. The second-order valence-electron chi connectivity index (χ2n) is 9.23. The van der Waals surface area contributed by atoms with Gasteiger partial charge in [-0.3, -0.25) is 9.10 Å². The molecule has 0 saturated carbocycles. The summed E-state index contributed by atoms with van der Waals surface area (Å²) in [7, 11) is -1.07. The van der Waals surface area contributed by atoms with Gasteiger partial charge in [-0.05, 0) is 48.6 Å². The Bertz CT molecular complexity index is 1230. The lowest BCUT2D eigenvalue weighted by molar-refractivity contribution is -0.116. The van der Waals surface area contributed by atoms with E-state index in [1.807, 2.05) is 24.3 Å². The number of ether oxygens (including phenoxy) is 3. The van der Waals surface area contributed by atoms with Crippen LogP contribution in [-0.2, 0) is 20.2 Å². The van der Waals surface area contributed by atoms with Crippen molar-refractivity contribution in [1.82, 2.24) is 5.32 Å². The number of hydrogen-bond acceptors (Lipinski definition) is 6. The predicted molar refractivity (Wildman–Crippen MR) is 138 cm³/mol. The molecule has 0 radical (unpaired) electrons. The van der Waals surface area contributed by atoms with Crippen molar-refractivity contribution in [2.45, 2.75) is 40.0 Å². The number of sulfonamides is 1. The van der Waals surface area contributed by atoms with Crippen molar-refractivity contribution in [3.05, 3.63) is 52.4 Å². The molecule has 3 rings (SSSR count). The fraction of sp³-hybridized carbons (Fsp3) is 0.423. The number of benzene rings is 2. The number of rotatable bonds is 8. The third kappa shape index (κ3) is 5.24. The molecule has 0 spiro atoms. The van der Waals surface area contributed by atoms with Crippen LogP contribution in [0.4, 0.5) is 5.69 Å². The maximum absolute atomic E-state index is 13.4. The summed E-state index contributed by atoms with van der Waals surface area (Å²) >= 11 is 0. The summed E-state index contributed by atoms with van der Waals surface area (Å²) < 4.78 is 44.4. The van der Waals surface area contributed by atoms with Gasteiger partial charge in [0.05, 0.1) is 26.5 Å². The number of methoxy groups -OCH3 is 2. The van der Waals surface area contributed by atoms with Gasteiger partial charge in [0.15, 0.2) is 16.4 Å². The summed E-state index contributed by atoms with van der Waals surface area (Å²) in [6.45, 7) is 10.3. The van der Waals surface area contributed by atoms with E-state index in [2.05, 4.69) is 26.1 Å². The van der Waals surface area contributed by atoms with Gasteiger partial charge in [0.25, 0.3) is 15.9 Å². The molecule has 9 heteroatoms. The third-order valence-electron chi connectivity index (χ3n) is 5.93. The van der Waals surface area contributed by atoms with Gasteiger partial charge in [0.2, 0.25) is 0 Å². The second-order valence-corrected chi connectivity index (χ2v) is 11.0.